The number of carbonyl (C=O) groups is 3. The Morgan fingerprint density at radius 2 is 1.43 bits per heavy atom. The molecular weight excluding hydrogens is 292 g/mol. The molecule has 0 aromatic heterocycles. The van der Waals surface area contributed by atoms with E-state index in [2.05, 4.69) is 6.92 Å². The minimum atomic E-state index is -0.428. The highest BCUT2D eigenvalue weighted by Gasteiger charge is 2.25. The van der Waals surface area contributed by atoms with Gasteiger partial charge in [-0.1, -0.05) is 58.3 Å². The van der Waals surface area contributed by atoms with Crippen molar-refractivity contribution < 1.29 is 19.1 Å². The van der Waals surface area contributed by atoms with Crippen LogP contribution < -0.4 is 0 Å². The van der Waals surface area contributed by atoms with E-state index >= 15 is 0 Å². The zero-order valence-electron chi connectivity index (χ0n) is 14.4. The highest BCUT2D eigenvalue weighted by Crippen LogP contribution is 2.16. The van der Waals surface area contributed by atoms with E-state index in [9.17, 15) is 14.4 Å². The van der Waals surface area contributed by atoms with Crippen LogP contribution in [0.4, 0.5) is 0 Å². The maximum Gasteiger partial charge on any atom is 0.221 e. The van der Waals surface area contributed by atoms with Crippen LogP contribution in [-0.2, 0) is 19.1 Å². The Morgan fingerprint density at radius 3 is 2.00 bits per heavy atom. The van der Waals surface area contributed by atoms with Gasteiger partial charge in [-0.3, -0.25) is 14.4 Å². The average Bonchev–Trinajstić information content (AvgIpc) is 2.54. The van der Waals surface area contributed by atoms with E-state index in [4.69, 9.17) is 4.74 Å². The molecule has 0 aromatic rings. The monoisotopic (exact) mass is 320 g/mol. The number of unbranched alkanes of at least 4 members (excludes halogenated alkanes) is 8. The van der Waals surface area contributed by atoms with Crippen LogP contribution in [0, 0.1) is 0 Å². The fourth-order valence-electron chi connectivity index (χ4n) is 2.65. The topological polar surface area (TPSA) is 60.4 Å². The van der Waals surface area contributed by atoms with Gasteiger partial charge in [0.2, 0.25) is 5.78 Å². The summed E-state index contributed by atoms with van der Waals surface area (Å²) in [6.07, 6.45) is 13.1. The summed E-state index contributed by atoms with van der Waals surface area (Å²) in [5.41, 5.74) is -0.00429. The Hall–Kier alpha value is -1.71. The number of Topliss-reactive ketones (excluding diaryl/α,β-unsaturated/α-hetero) is 1. The lowest BCUT2D eigenvalue weighted by Gasteiger charge is -2.10. The normalized spacial score (nSPS) is 14.5. The van der Waals surface area contributed by atoms with Crippen LogP contribution in [0.3, 0.4) is 0 Å². The maximum absolute atomic E-state index is 12.0. The first-order valence-electron chi connectivity index (χ1n) is 8.69. The van der Waals surface area contributed by atoms with Gasteiger partial charge in [0, 0.05) is 18.6 Å². The number of hydrogen-bond donors (Lipinski definition) is 0. The molecule has 0 saturated heterocycles. The lowest BCUT2D eigenvalue weighted by atomic mass is 9.95. The molecule has 4 heteroatoms. The quantitative estimate of drug-likeness (QED) is 0.309. The number of hydrogen-bond acceptors (Lipinski definition) is 4. The van der Waals surface area contributed by atoms with E-state index in [1.807, 2.05) is 0 Å². The standard InChI is InChI=1S/C19H28O4/c1-3-4-5-6-7-8-9-10-11-12-16(20)15-13-18(22)19(23-2)14-17(15)21/h13-14H,3-12H2,1-2H3. The molecule has 23 heavy (non-hydrogen) atoms. The van der Waals surface area contributed by atoms with E-state index < -0.39 is 11.6 Å². The highest BCUT2D eigenvalue weighted by atomic mass is 16.5. The summed E-state index contributed by atoms with van der Waals surface area (Å²) in [5, 5.41) is 0. The molecule has 0 N–H and O–H groups in total. The number of methoxy groups -OCH3 is 1. The molecule has 0 spiro atoms. The Bertz CT molecular complexity index is 486. The highest BCUT2D eigenvalue weighted by molar-refractivity contribution is 6.31. The molecule has 0 saturated carbocycles. The second-order valence-corrected chi connectivity index (χ2v) is 6.00. The molecule has 0 heterocycles. The molecule has 0 atom stereocenters. The third kappa shape index (κ3) is 6.93. The van der Waals surface area contributed by atoms with Gasteiger partial charge in [-0.25, -0.2) is 0 Å². The van der Waals surface area contributed by atoms with Crippen LogP contribution in [-0.4, -0.2) is 24.5 Å². The van der Waals surface area contributed by atoms with Crippen molar-refractivity contribution in [3.63, 3.8) is 0 Å². The van der Waals surface area contributed by atoms with Crippen molar-refractivity contribution in [1.29, 1.82) is 0 Å². The van der Waals surface area contributed by atoms with Gasteiger partial charge in [-0.15, -0.1) is 0 Å². The van der Waals surface area contributed by atoms with Crippen molar-refractivity contribution in [2.45, 2.75) is 71.1 Å². The van der Waals surface area contributed by atoms with E-state index in [-0.39, 0.29) is 17.1 Å². The Labute approximate surface area is 139 Å². The molecule has 4 nitrogen and oxygen atoms in total. The van der Waals surface area contributed by atoms with Gasteiger partial charge in [-0.2, -0.15) is 0 Å². The minimum Gasteiger partial charge on any atom is -0.493 e. The van der Waals surface area contributed by atoms with E-state index in [0.29, 0.717) is 6.42 Å². The molecule has 0 aliphatic heterocycles. The number of rotatable bonds is 12. The molecule has 0 unspecified atom stereocenters. The molecule has 0 fully saturated rings. The average molecular weight is 320 g/mol. The van der Waals surface area contributed by atoms with Gasteiger partial charge in [-0.05, 0) is 6.42 Å². The zero-order valence-corrected chi connectivity index (χ0v) is 14.4. The van der Waals surface area contributed by atoms with Gasteiger partial charge < -0.3 is 4.74 Å². The predicted molar refractivity (Wildman–Crippen MR) is 90.0 cm³/mol. The molecule has 0 amide bonds. The predicted octanol–water partition coefficient (Wildman–Crippen LogP) is 4.08. The summed E-state index contributed by atoms with van der Waals surface area (Å²) in [5.74, 6) is -1.09. The van der Waals surface area contributed by atoms with Crippen LogP contribution in [0.1, 0.15) is 71.1 Å². The van der Waals surface area contributed by atoms with Crippen LogP contribution in [0.25, 0.3) is 0 Å². The fraction of sp³-hybridized carbons (Fsp3) is 0.632. The van der Waals surface area contributed by atoms with Crippen molar-refractivity contribution >= 4 is 17.3 Å². The van der Waals surface area contributed by atoms with Gasteiger partial charge in [0.05, 0.1) is 12.7 Å². The first-order valence-corrected chi connectivity index (χ1v) is 8.69. The maximum atomic E-state index is 12.0. The molecule has 1 rings (SSSR count). The largest absolute Gasteiger partial charge is 0.493 e. The molecule has 128 valence electrons. The summed E-state index contributed by atoms with van der Waals surface area (Å²) in [6, 6.07) is 0. The fourth-order valence-corrected chi connectivity index (χ4v) is 2.65. The Morgan fingerprint density at radius 1 is 0.870 bits per heavy atom. The van der Waals surface area contributed by atoms with Crippen LogP contribution in [0.15, 0.2) is 23.5 Å². The van der Waals surface area contributed by atoms with Crippen LogP contribution in [0.5, 0.6) is 0 Å². The summed E-state index contributed by atoms with van der Waals surface area (Å²) in [4.78, 5) is 35.5. The van der Waals surface area contributed by atoms with Gasteiger partial charge in [0.1, 0.15) is 0 Å². The van der Waals surface area contributed by atoms with Gasteiger partial charge in [0.25, 0.3) is 0 Å². The van der Waals surface area contributed by atoms with Crippen LogP contribution in [0.2, 0.25) is 0 Å². The third-order valence-electron chi connectivity index (χ3n) is 4.07. The molecule has 0 bridgehead atoms. The third-order valence-corrected chi connectivity index (χ3v) is 4.07. The van der Waals surface area contributed by atoms with Gasteiger partial charge >= 0.3 is 0 Å². The number of ketones is 3. The molecule has 1 aliphatic rings. The smallest absolute Gasteiger partial charge is 0.221 e. The van der Waals surface area contributed by atoms with E-state index in [1.165, 1.54) is 45.6 Å². The second kappa shape index (κ2) is 10.9. The van der Waals surface area contributed by atoms with Crippen molar-refractivity contribution in [2.75, 3.05) is 7.11 Å². The van der Waals surface area contributed by atoms with Crippen molar-refractivity contribution in [2.24, 2.45) is 0 Å². The summed E-state index contributed by atoms with van der Waals surface area (Å²) >= 11 is 0. The number of carbonyl (C=O) groups excluding carboxylic acids is 3. The molecule has 0 aromatic carbocycles. The van der Waals surface area contributed by atoms with Crippen LogP contribution >= 0.6 is 0 Å². The van der Waals surface area contributed by atoms with E-state index in [0.717, 1.165) is 31.4 Å². The van der Waals surface area contributed by atoms with Gasteiger partial charge in [0.15, 0.2) is 17.3 Å². The van der Waals surface area contributed by atoms with Crippen molar-refractivity contribution in [3.8, 4) is 0 Å². The number of ether oxygens (including phenoxy) is 1. The van der Waals surface area contributed by atoms with Crippen molar-refractivity contribution in [3.05, 3.63) is 23.5 Å². The second-order valence-electron chi connectivity index (χ2n) is 6.00. The lowest BCUT2D eigenvalue weighted by Crippen LogP contribution is -2.19. The number of allylic oxidation sites excluding steroid dienone is 3. The SMILES string of the molecule is CCCCCCCCCCCC(=O)C1=CC(=O)C(OC)=CC1=O. The molecular formula is C19H28O4. The first kappa shape index (κ1) is 19.3. The summed E-state index contributed by atoms with van der Waals surface area (Å²) < 4.78 is 4.80. The Kier molecular flexibility index (Phi) is 9.18. The zero-order chi connectivity index (χ0) is 17.1. The van der Waals surface area contributed by atoms with Crippen molar-refractivity contribution in [1.82, 2.24) is 0 Å². The molecule has 1 aliphatic carbocycles. The summed E-state index contributed by atoms with van der Waals surface area (Å²) in [6.45, 7) is 2.21. The minimum absolute atomic E-state index is 0.00429. The molecule has 0 radical (unpaired) electrons. The summed E-state index contributed by atoms with van der Waals surface area (Å²) in [7, 11) is 1.33. The van der Waals surface area contributed by atoms with E-state index in [1.54, 1.807) is 0 Å². The Balaban J connectivity index is 2.20. The first-order chi connectivity index (χ1) is 11.1. The lowest BCUT2D eigenvalue weighted by molar-refractivity contribution is -0.122.